The number of thioether (sulfide) groups is 1. The van der Waals surface area contributed by atoms with Crippen molar-refractivity contribution < 1.29 is 14.3 Å². The van der Waals surface area contributed by atoms with Gasteiger partial charge in [0.15, 0.2) is 0 Å². The van der Waals surface area contributed by atoms with Crippen molar-refractivity contribution in [3.63, 3.8) is 0 Å². The van der Waals surface area contributed by atoms with Crippen LogP contribution in [-0.2, 0) is 17.8 Å². The van der Waals surface area contributed by atoms with E-state index in [0.717, 1.165) is 39.7 Å². The molecule has 2 N–H and O–H groups in total. The van der Waals surface area contributed by atoms with Crippen LogP contribution in [0.5, 0.6) is 5.75 Å². The number of aromatic amines is 1. The van der Waals surface area contributed by atoms with Gasteiger partial charge in [-0.25, -0.2) is 0 Å². The Hall–Kier alpha value is -2.73. The maximum Gasteiger partial charge on any atom is 0.286 e. The van der Waals surface area contributed by atoms with Crippen LogP contribution in [-0.4, -0.2) is 21.4 Å². The molecule has 1 aliphatic heterocycles. The van der Waals surface area contributed by atoms with Crippen LogP contribution in [0.2, 0.25) is 0 Å². The maximum atomic E-state index is 11.6. The Morgan fingerprint density at radius 3 is 2.65 bits per heavy atom. The van der Waals surface area contributed by atoms with Crippen LogP contribution in [0.3, 0.4) is 0 Å². The lowest BCUT2D eigenvalue weighted by molar-refractivity contribution is -0.119. The summed E-state index contributed by atoms with van der Waals surface area (Å²) in [5.74, 6) is 0.635. The van der Waals surface area contributed by atoms with Gasteiger partial charge in [-0.05, 0) is 42.7 Å². The van der Waals surface area contributed by atoms with Crippen LogP contribution in [0.15, 0.2) is 54.6 Å². The number of aryl methyl sites for hydroxylation is 1. The minimum atomic E-state index is -0.293. The number of hydrogen-bond acceptors (Lipinski definition) is 4. The van der Waals surface area contributed by atoms with Crippen LogP contribution in [0.4, 0.5) is 4.79 Å². The molecule has 1 saturated heterocycles. The van der Waals surface area contributed by atoms with Crippen molar-refractivity contribution in [2.45, 2.75) is 24.7 Å². The fourth-order valence-electron chi connectivity index (χ4n) is 3.01. The van der Waals surface area contributed by atoms with Gasteiger partial charge in [0.05, 0.1) is 5.25 Å². The molecule has 2 amide bonds. The molecule has 0 aliphatic carbocycles. The molecule has 2 aromatic carbocycles. The summed E-state index contributed by atoms with van der Waals surface area (Å²) >= 11 is 1.07. The number of H-pyrrole nitrogens is 1. The summed E-state index contributed by atoms with van der Waals surface area (Å²) in [7, 11) is 0. The van der Waals surface area contributed by atoms with Crippen molar-refractivity contribution in [3.05, 3.63) is 65.9 Å². The molecule has 5 nitrogen and oxygen atoms in total. The predicted octanol–water partition coefficient (Wildman–Crippen LogP) is 4.03. The van der Waals surface area contributed by atoms with E-state index in [1.54, 1.807) is 0 Å². The number of benzene rings is 2. The van der Waals surface area contributed by atoms with Crippen molar-refractivity contribution in [3.8, 4) is 5.75 Å². The lowest BCUT2D eigenvalue weighted by Crippen LogP contribution is -2.24. The molecular formula is C20H18N2O3S. The fourth-order valence-corrected chi connectivity index (χ4v) is 3.83. The van der Waals surface area contributed by atoms with E-state index in [2.05, 4.69) is 16.4 Å². The van der Waals surface area contributed by atoms with Gasteiger partial charge in [-0.15, -0.1) is 0 Å². The molecule has 0 bridgehead atoms. The van der Waals surface area contributed by atoms with Gasteiger partial charge in [0.2, 0.25) is 5.91 Å². The number of rotatable bonds is 6. The lowest BCUT2D eigenvalue weighted by atomic mass is 10.1. The number of carbonyl (C=O) groups excluding carboxylic acids is 2. The monoisotopic (exact) mass is 366 g/mol. The van der Waals surface area contributed by atoms with Crippen molar-refractivity contribution in [2.24, 2.45) is 0 Å². The first-order valence-electron chi connectivity index (χ1n) is 8.47. The molecule has 1 fully saturated rings. The summed E-state index contributed by atoms with van der Waals surface area (Å²) in [5, 5.41) is 2.85. The Morgan fingerprint density at radius 1 is 1.04 bits per heavy atom. The third-order valence-electron chi connectivity index (χ3n) is 4.34. The summed E-state index contributed by atoms with van der Waals surface area (Å²) in [6, 6.07) is 18.1. The molecule has 132 valence electrons. The van der Waals surface area contributed by atoms with Gasteiger partial charge < -0.3 is 9.72 Å². The van der Waals surface area contributed by atoms with Crippen molar-refractivity contribution in [1.82, 2.24) is 10.3 Å². The van der Waals surface area contributed by atoms with E-state index in [1.165, 1.54) is 0 Å². The molecule has 0 saturated carbocycles. The molecule has 1 aromatic heterocycles. The van der Waals surface area contributed by atoms with E-state index < -0.39 is 0 Å². The Labute approximate surface area is 155 Å². The zero-order chi connectivity index (χ0) is 17.9. The van der Waals surface area contributed by atoms with Gasteiger partial charge >= 0.3 is 0 Å². The quantitative estimate of drug-likeness (QED) is 0.691. The molecule has 2 heterocycles. The summed E-state index contributed by atoms with van der Waals surface area (Å²) in [5.41, 5.74) is 3.21. The molecule has 1 unspecified atom stereocenters. The van der Waals surface area contributed by atoms with Crippen LogP contribution in [0, 0.1) is 0 Å². The highest BCUT2D eigenvalue weighted by molar-refractivity contribution is 8.15. The van der Waals surface area contributed by atoms with Gasteiger partial charge in [0.1, 0.15) is 12.4 Å². The number of carbonyl (C=O) groups is 2. The molecule has 26 heavy (non-hydrogen) atoms. The number of fused-ring (bicyclic) bond motifs is 1. The van der Waals surface area contributed by atoms with Crippen molar-refractivity contribution in [2.75, 3.05) is 0 Å². The minimum absolute atomic E-state index is 0.187. The lowest BCUT2D eigenvalue weighted by Gasteiger charge is -2.06. The smallest absolute Gasteiger partial charge is 0.286 e. The summed E-state index contributed by atoms with van der Waals surface area (Å²) < 4.78 is 5.87. The van der Waals surface area contributed by atoms with E-state index in [1.807, 2.05) is 48.5 Å². The molecule has 1 aliphatic rings. The second-order valence-electron chi connectivity index (χ2n) is 6.24. The van der Waals surface area contributed by atoms with E-state index in [4.69, 9.17) is 4.74 Å². The fraction of sp³-hybridized carbons (Fsp3) is 0.200. The Bertz CT molecular complexity index is 952. The number of nitrogens with one attached hydrogen (secondary N) is 2. The third-order valence-corrected chi connectivity index (χ3v) is 5.39. The third kappa shape index (κ3) is 3.75. The number of imide groups is 1. The average molecular weight is 366 g/mol. The normalized spacial score (nSPS) is 16.8. The Kier molecular flexibility index (Phi) is 4.67. The summed E-state index contributed by atoms with van der Waals surface area (Å²) in [4.78, 5) is 26.2. The molecule has 4 rings (SSSR count). The van der Waals surface area contributed by atoms with Crippen molar-refractivity contribution in [1.29, 1.82) is 0 Å². The van der Waals surface area contributed by atoms with E-state index in [9.17, 15) is 9.59 Å². The highest BCUT2D eigenvalue weighted by Gasteiger charge is 2.31. The first-order chi connectivity index (χ1) is 12.7. The first kappa shape index (κ1) is 16.7. The summed E-state index contributed by atoms with van der Waals surface area (Å²) in [6.45, 7) is 0.533. The number of aromatic nitrogens is 1. The molecule has 0 spiro atoms. The Morgan fingerprint density at radius 2 is 1.88 bits per heavy atom. The number of ether oxygens (including phenoxy) is 1. The van der Waals surface area contributed by atoms with Gasteiger partial charge in [-0.2, -0.15) is 0 Å². The second kappa shape index (κ2) is 7.25. The topological polar surface area (TPSA) is 71.2 Å². The van der Waals surface area contributed by atoms with Crippen LogP contribution in [0.25, 0.3) is 10.9 Å². The SMILES string of the molecule is O=C1NC(=O)C(CCc2cc3cc(OCc4ccccc4)ccc3[nH]2)S1. The summed E-state index contributed by atoms with van der Waals surface area (Å²) in [6.07, 6.45) is 1.35. The van der Waals surface area contributed by atoms with E-state index >= 15 is 0 Å². The van der Waals surface area contributed by atoms with E-state index in [0.29, 0.717) is 19.4 Å². The zero-order valence-electron chi connectivity index (χ0n) is 14.0. The van der Waals surface area contributed by atoms with Gasteiger partial charge in [0.25, 0.3) is 5.24 Å². The van der Waals surface area contributed by atoms with Gasteiger partial charge in [-0.3, -0.25) is 14.9 Å². The second-order valence-corrected chi connectivity index (χ2v) is 7.42. The van der Waals surface area contributed by atoms with Crippen LogP contribution in [0.1, 0.15) is 17.7 Å². The van der Waals surface area contributed by atoms with Gasteiger partial charge in [-0.1, -0.05) is 42.1 Å². The van der Waals surface area contributed by atoms with Gasteiger partial charge in [0, 0.05) is 16.6 Å². The minimum Gasteiger partial charge on any atom is -0.489 e. The number of hydrogen-bond donors (Lipinski definition) is 2. The first-order valence-corrected chi connectivity index (χ1v) is 9.35. The van der Waals surface area contributed by atoms with Crippen molar-refractivity contribution >= 4 is 33.8 Å². The molecule has 0 radical (unpaired) electrons. The highest BCUT2D eigenvalue weighted by Crippen LogP contribution is 2.26. The van der Waals surface area contributed by atoms with Crippen LogP contribution < -0.4 is 10.1 Å². The maximum absolute atomic E-state index is 11.6. The Balaban J connectivity index is 1.40. The zero-order valence-corrected chi connectivity index (χ0v) is 14.8. The molecule has 6 heteroatoms. The standard InChI is InChI=1S/C20H18N2O3S/c23-19-18(26-20(24)22-19)9-6-15-10-14-11-16(7-8-17(14)21-15)25-12-13-4-2-1-3-5-13/h1-5,7-8,10-11,18,21H,6,9,12H2,(H,22,23,24). The van der Waals surface area contributed by atoms with Crippen LogP contribution >= 0.6 is 11.8 Å². The highest BCUT2D eigenvalue weighted by atomic mass is 32.2. The average Bonchev–Trinajstić information content (AvgIpc) is 3.20. The number of amides is 2. The largest absolute Gasteiger partial charge is 0.489 e. The van der Waals surface area contributed by atoms with E-state index in [-0.39, 0.29) is 16.4 Å². The molecule has 3 aromatic rings. The molecule has 1 atom stereocenters. The molecular weight excluding hydrogens is 348 g/mol. The predicted molar refractivity (Wildman–Crippen MR) is 102 cm³/mol.